The molecular weight excluding hydrogens is 292 g/mol. The van der Waals surface area contributed by atoms with Gasteiger partial charge in [0.15, 0.2) is 6.61 Å². The summed E-state index contributed by atoms with van der Waals surface area (Å²) in [7, 11) is 0. The molecular formula is C18H16N2O3. The van der Waals surface area contributed by atoms with Crippen LogP contribution in [-0.4, -0.2) is 18.5 Å². The second kappa shape index (κ2) is 7.76. The third-order valence-corrected chi connectivity index (χ3v) is 3.20. The minimum atomic E-state index is -0.605. The van der Waals surface area contributed by atoms with Crippen LogP contribution in [0.3, 0.4) is 0 Å². The molecule has 1 amide bonds. The Bertz CT molecular complexity index is 746. The average molecular weight is 308 g/mol. The lowest BCUT2D eigenvalue weighted by molar-refractivity contribution is -0.119. The molecule has 1 N–H and O–H groups in total. The van der Waals surface area contributed by atoms with Crippen LogP contribution in [0.2, 0.25) is 0 Å². The van der Waals surface area contributed by atoms with Crippen LogP contribution in [0.5, 0.6) is 0 Å². The van der Waals surface area contributed by atoms with Crippen LogP contribution in [0, 0.1) is 11.3 Å². The molecule has 0 spiro atoms. The second-order valence-electron chi connectivity index (χ2n) is 4.87. The topological polar surface area (TPSA) is 79.2 Å². The first kappa shape index (κ1) is 16.2. The number of benzene rings is 2. The number of nitrogens with one attached hydrogen (secondary N) is 1. The van der Waals surface area contributed by atoms with Crippen molar-refractivity contribution in [3.63, 3.8) is 0 Å². The molecule has 5 nitrogen and oxygen atoms in total. The summed E-state index contributed by atoms with van der Waals surface area (Å²) in [5.41, 5.74) is 2.53. The smallest absolute Gasteiger partial charge is 0.338 e. The van der Waals surface area contributed by atoms with E-state index >= 15 is 0 Å². The number of nitriles is 1. The molecule has 0 aromatic heterocycles. The molecule has 0 radical (unpaired) electrons. The molecule has 0 aliphatic rings. The highest BCUT2D eigenvalue weighted by Gasteiger charge is 2.10. The molecule has 0 saturated heterocycles. The number of nitrogens with zero attached hydrogens (tertiary/aromatic N) is 1. The highest BCUT2D eigenvalue weighted by molar-refractivity contribution is 5.95. The molecule has 0 bridgehead atoms. The van der Waals surface area contributed by atoms with Gasteiger partial charge in [0.25, 0.3) is 5.91 Å². The summed E-state index contributed by atoms with van der Waals surface area (Å²) < 4.78 is 4.96. The van der Waals surface area contributed by atoms with Gasteiger partial charge in [-0.3, -0.25) is 4.79 Å². The number of hydrogen-bond acceptors (Lipinski definition) is 4. The third-order valence-electron chi connectivity index (χ3n) is 3.20. The highest BCUT2D eigenvalue weighted by Crippen LogP contribution is 2.11. The van der Waals surface area contributed by atoms with Crippen LogP contribution in [0.25, 0.3) is 0 Å². The summed E-state index contributed by atoms with van der Waals surface area (Å²) in [5, 5.41) is 11.4. The first-order valence-corrected chi connectivity index (χ1v) is 7.18. The molecule has 0 heterocycles. The fourth-order valence-corrected chi connectivity index (χ4v) is 1.96. The number of amides is 1. The maximum absolute atomic E-state index is 11.8. The Hall–Kier alpha value is -3.13. The van der Waals surface area contributed by atoms with Gasteiger partial charge in [0.2, 0.25) is 0 Å². The maximum atomic E-state index is 11.8. The van der Waals surface area contributed by atoms with Gasteiger partial charge in [-0.15, -0.1) is 0 Å². The molecule has 0 saturated carbocycles. The summed E-state index contributed by atoms with van der Waals surface area (Å²) in [6.07, 6.45) is 0.872. The molecule has 23 heavy (non-hydrogen) atoms. The lowest BCUT2D eigenvalue weighted by Gasteiger charge is -2.07. The van der Waals surface area contributed by atoms with Crippen molar-refractivity contribution in [2.45, 2.75) is 13.3 Å². The fourth-order valence-electron chi connectivity index (χ4n) is 1.96. The highest BCUT2D eigenvalue weighted by atomic mass is 16.5. The first-order valence-electron chi connectivity index (χ1n) is 7.18. The van der Waals surface area contributed by atoms with Crippen molar-refractivity contribution in [2.24, 2.45) is 0 Å². The Labute approximate surface area is 134 Å². The average Bonchev–Trinajstić information content (AvgIpc) is 2.60. The van der Waals surface area contributed by atoms with Gasteiger partial charge in [0.05, 0.1) is 17.2 Å². The van der Waals surface area contributed by atoms with Crippen molar-refractivity contribution in [3.05, 3.63) is 65.2 Å². The van der Waals surface area contributed by atoms with Crippen LogP contribution in [0.4, 0.5) is 5.69 Å². The molecule has 116 valence electrons. The summed E-state index contributed by atoms with van der Waals surface area (Å²) >= 11 is 0. The van der Waals surface area contributed by atoms with Gasteiger partial charge in [0, 0.05) is 5.69 Å². The molecule has 0 unspecified atom stereocenters. The molecule has 0 aliphatic carbocycles. The van der Waals surface area contributed by atoms with Crippen molar-refractivity contribution < 1.29 is 14.3 Å². The molecule has 2 rings (SSSR count). The summed E-state index contributed by atoms with van der Waals surface area (Å²) in [5.74, 6) is -1.01. The van der Waals surface area contributed by atoms with Crippen molar-refractivity contribution >= 4 is 17.6 Å². The monoisotopic (exact) mass is 308 g/mol. The van der Waals surface area contributed by atoms with Crippen LogP contribution >= 0.6 is 0 Å². The SMILES string of the molecule is CCc1cccc(NC(=O)COC(=O)c2ccc(C#N)cc2)c1. The van der Waals surface area contributed by atoms with Gasteiger partial charge >= 0.3 is 5.97 Å². The first-order chi connectivity index (χ1) is 11.1. The van der Waals surface area contributed by atoms with Crippen LogP contribution in [0.15, 0.2) is 48.5 Å². The minimum absolute atomic E-state index is 0.296. The van der Waals surface area contributed by atoms with Gasteiger partial charge in [0.1, 0.15) is 0 Å². The van der Waals surface area contributed by atoms with Gasteiger partial charge < -0.3 is 10.1 Å². The minimum Gasteiger partial charge on any atom is -0.452 e. The maximum Gasteiger partial charge on any atom is 0.338 e. The van der Waals surface area contributed by atoms with Crippen molar-refractivity contribution in [1.29, 1.82) is 5.26 Å². The largest absolute Gasteiger partial charge is 0.452 e. The van der Waals surface area contributed by atoms with Crippen LogP contribution < -0.4 is 5.32 Å². The van der Waals surface area contributed by atoms with Crippen LogP contribution in [0.1, 0.15) is 28.4 Å². The number of carbonyl (C=O) groups is 2. The lowest BCUT2D eigenvalue weighted by atomic mass is 10.1. The van der Waals surface area contributed by atoms with Gasteiger partial charge in [-0.2, -0.15) is 5.26 Å². The van der Waals surface area contributed by atoms with E-state index in [0.29, 0.717) is 16.8 Å². The number of rotatable bonds is 5. The summed E-state index contributed by atoms with van der Waals surface area (Å²) in [6, 6.07) is 15.5. The zero-order valence-corrected chi connectivity index (χ0v) is 12.7. The second-order valence-corrected chi connectivity index (χ2v) is 4.87. The standard InChI is InChI=1S/C18H16N2O3/c1-2-13-4-3-5-16(10-13)20-17(21)12-23-18(22)15-8-6-14(11-19)7-9-15/h3-10H,2,12H2,1H3,(H,20,21). The number of ether oxygens (including phenoxy) is 1. The summed E-state index contributed by atoms with van der Waals surface area (Å²) in [6.45, 7) is 1.66. The van der Waals surface area contributed by atoms with E-state index in [1.165, 1.54) is 24.3 Å². The predicted octanol–water partition coefficient (Wildman–Crippen LogP) is 2.92. The lowest BCUT2D eigenvalue weighted by Crippen LogP contribution is -2.21. The normalized spacial score (nSPS) is 9.74. The fraction of sp³-hybridized carbons (Fsp3) is 0.167. The molecule has 0 atom stereocenters. The van der Waals surface area contributed by atoms with E-state index < -0.39 is 11.9 Å². The number of esters is 1. The predicted molar refractivity (Wildman–Crippen MR) is 85.9 cm³/mol. The molecule has 0 fully saturated rings. The van der Waals surface area contributed by atoms with E-state index in [1.807, 2.05) is 31.2 Å². The van der Waals surface area contributed by atoms with E-state index in [2.05, 4.69) is 5.32 Å². The van der Waals surface area contributed by atoms with E-state index in [0.717, 1.165) is 12.0 Å². The Kier molecular flexibility index (Phi) is 5.48. The van der Waals surface area contributed by atoms with Gasteiger partial charge in [-0.05, 0) is 48.4 Å². The van der Waals surface area contributed by atoms with Gasteiger partial charge in [-0.1, -0.05) is 19.1 Å². The molecule has 2 aromatic rings. The van der Waals surface area contributed by atoms with E-state index in [1.54, 1.807) is 6.07 Å². The number of anilines is 1. The summed E-state index contributed by atoms with van der Waals surface area (Å²) in [4.78, 5) is 23.6. The Morgan fingerprint density at radius 1 is 1.17 bits per heavy atom. The van der Waals surface area contributed by atoms with Crippen LogP contribution in [-0.2, 0) is 16.0 Å². The van der Waals surface area contributed by atoms with Crippen molar-refractivity contribution in [3.8, 4) is 6.07 Å². The molecule has 2 aromatic carbocycles. The Morgan fingerprint density at radius 3 is 2.57 bits per heavy atom. The molecule has 0 aliphatic heterocycles. The third kappa shape index (κ3) is 4.68. The number of carbonyl (C=O) groups excluding carboxylic acids is 2. The number of hydrogen-bond donors (Lipinski definition) is 1. The quantitative estimate of drug-likeness (QED) is 0.861. The van der Waals surface area contributed by atoms with Gasteiger partial charge in [-0.25, -0.2) is 4.79 Å². The van der Waals surface area contributed by atoms with E-state index in [-0.39, 0.29) is 6.61 Å². The Morgan fingerprint density at radius 2 is 1.91 bits per heavy atom. The zero-order chi connectivity index (χ0) is 16.7. The van der Waals surface area contributed by atoms with E-state index in [9.17, 15) is 9.59 Å². The zero-order valence-electron chi connectivity index (χ0n) is 12.7. The Balaban J connectivity index is 1.88. The molecule has 5 heteroatoms. The van der Waals surface area contributed by atoms with E-state index in [4.69, 9.17) is 10.00 Å². The van der Waals surface area contributed by atoms with Crippen molar-refractivity contribution in [2.75, 3.05) is 11.9 Å². The number of aryl methyl sites for hydroxylation is 1. The van der Waals surface area contributed by atoms with Crippen molar-refractivity contribution in [1.82, 2.24) is 0 Å².